The van der Waals surface area contributed by atoms with Crippen molar-refractivity contribution in [3.63, 3.8) is 0 Å². The smallest absolute Gasteiger partial charge is 0.0549 e. The van der Waals surface area contributed by atoms with Gasteiger partial charge in [0.25, 0.3) is 0 Å². The average molecular weight is 148 g/mol. The molecule has 0 aliphatic rings. The van der Waals surface area contributed by atoms with Crippen LogP contribution in [0.3, 0.4) is 0 Å². The fourth-order valence-electron chi connectivity index (χ4n) is 0.715. The highest BCUT2D eigenvalue weighted by Crippen LogP contribution is 2.12. The minimum atomic E-state index is 0.334. The van der Waals surface area contributed by atoms with Crippen molar-refractivity contribution in [2.75, 3.05) is 12.9 Å². The summed E-state index contributed by atoms with van der Waals surface area (Å²) in [4.78, 5) is 0. The van der Waals surface area contributed by atoms with Gasteiger partial charge in [0, 0.05) is 5.25 Å². The lowest BCUT2D eigenvalue weighted by atomic mass is 10.2. The molecule has 1 unspecified atom stereocenters. The fourth-order valence-corrected chi connectivity index (χ4v) is 1.27. The van der Waals surface area contributed by atoms with Gasteiger partial charge in [-0.15, -0.1) is 0 Å². The van der Waals surface area contributed by atoms with Crippen LogP contribution >= 0.6 is 11.8 Å². The van der Waals surface area contributed by atoms with Gasteiger partial charge in [-0.05, 0) is 12.7 Å². The van der Waals surface area contributed by atoms with E-state index >= 15 is 0 Å². The maximum Gasteiger partial charge on any atom is 0.0549 e. The van der Waals surface area contributed by atoms with Crippen molar-refractivity contribution in [1.29, 1.82) is 0 Å². The van der Waals surface area contributed by atoms with Crippen molar-refractivity contribution in [3.05, 3.63) is 0 Å². The summed E-state index contributed by atoms with van der Waals surface area (Å²) in [7, 11) is 0. The van der Waals surface area contributed by atoms with Crippen LogP contribution in [0, 0.1) is 0 Å². The van der Waals surface area contributed by atoms with Crippen LogP contribution in [0.5, 0.6) is 0 Å². The van der Waals surface area contributed by atoms with Crippen molar-refractivity contribution >= 4 is 11.8 Å². The van der Waals surface area contributed by atoms with Crippen LogP contribution in [0.25, 0.3) is 0 Å². The number of aliphatic hydroxyl groups excluding tert-OH is 1. The van der Waals surface area contributed by atoms with Gasteiger partial charge in [0.1, 0.15) is 0 Å². The third-order valence-electron chi connectivity index (χ3n) is 1.42. The Labute approximate surface area is 61.8 Å². The summed E-state index contributed by atoms with van der Waals surface area (Å²) in [5, 5.41) is 9.21. The van der Waals surface area contributed by atoms with Crippen LogP contribution in [-0.2, 0) is 0 Å². The Hall–Kier alpha value is 0.310. The molecular formula is C7H16OS. The number of aliphatic hydroxyl groups is 1. The molecule has 1 atom stereocenters. The third-order valence-corrected chi connectivity index (χ3v) is 2.47. The molecule has 1 N–H and O–H groups in total. The number of hydrogen-bond acceptors (Lipinski definition) is 2. The molecule has 0 fully saturated rings. The van der Waals surface area contributed by atoms with Crippen LogP contribution in [0.2, 0.25) is 0 Å². The summed E-state index contributed by atoms with van der Waals surface area (Å²) in [5.41, 5.74) is 0. The normalized spacial score (nSPS) is 13.7. The number of unbranched alkanes of at least 4 members (excludes halogenated alkanes) is 1. The molecule has 0 amide bonds. The average Bonchev–Trinajstić information content (AvgIpc) is 1.91. The van der Waals surface area contributed by atoms with Crippen LogP contribution < -0.4 is 0 Å². The fraction of sp³-hybridized carbons (Fsp3) is 1.00. The van der Waals surface area contributed by atoms with E-state index in [1.807, 2.05) is 0 Å². The van der Waals surface area contributed by atoms with Crippen LogP contribution in [0.4, 0.5) is 0 Å². The van der Waals surface area contributed by atoms with Gasteiger partial charge in [0.05, 0.1) is 6.61 Å². The van der Waals surface area contributed by atoms with Gasteiger partial charge in [-0.25, -0.2) is 0 Å². The largest absolute Gasteiger partial charge is 0.395 e. The zero-order valence-electron chi connectivity index (χ0n) is 6.26. The van der Waals surface area contributed by atoms with E-state index in [0.29, 0.717) is 11.9 Å². The second-order valence-electron chi connectivity index (χ2n) is 2.18. The topological polar surface area (TPSA) is 20.2 Å². The van der Waals surface area contributed by atoms with Crippen molar-refractivity contribution < 1.29 is 5.11 Å². The number of hydrogen-bond donors (Lipinski definition) is 1. The molecule has 0 rings (SSSR count). The van der Waals surface area contributed by atoms with Crippen molar-refractivity contribution in [2.24, 2.45) is 0 Å². The lowest BCUT2D eigenvalue weighted by molar-refractivity contribution is 0.289. The van der Waals surface area contributed by atoms with E-state index in [0.717, 1.165) is 6.42 Å². The van der Waals surface area contributed by atoms with E-state index < -0.39 is 0 Å². The molecule has 0 aliphatic heterocycles. The molecule has 0 aromatic rings. The Kier molecular flexibility index (Phi) is 6.65. The summed E-state index contributed by atoms with van der Waals surface area (Å²) >= 11 is 1.76. The molecule has 0 aromatic heterocycles. The molecule has 0 heterocycles. The van der Waals surface area contributed by atoms with E-state index in [-0.39, 0.29) is 0 Å². The summed E-state index contributed by atoms with van der Waals surface area (Å²) in [5.74, 6) is 0. The van der Waals surface area contributed by atoms with Gasteiger partial charge < -0.3 is 5.11 Å². The zero-order valence-corrected chi connectivity index (χ0v) is 7.08. The highest BCUT2D eigenvalue weighted by atomic mass is 32.2. The summed E-state index contributed by atoms with van der Waals surface area (Å²) in [6.45, 7) is 2.51. The standard InChI is InChI=1S/C7H16OS/c1-3-4-5-7(6-8)9-2/h7-8H,3-6H2,1-2H3. The first-order valence-corrected chi connectivity index (χ1v) is 4.77. The van der Waals surface area contributed by atoms with Gasteiger partial charge in [-0.3, -0.25) is 0 Å². The van der Waals surface area contributed by atoms with Crippen LogP contribution in [0.15, 0.2) is 0 Å². The maximum atomic E-state index is 8.73. The molecule has 0 saturated carbocycles. The van der Waals surface area contributed by atoms with E-state index in [1.54, 1.807) is 11.8 Å². The number of thioether (sulfide) groups is 1. The maximum absolute atomic E-state index is 8.73. The first-order chi connectivity index (χ1) is 4.35. The Morgan fingerprint density at radius 1 is 1.56 bits per heavy atom. The first kappa shape index (κ1) is 9.31. The molecule has 56 valence electrons. The Bertz CT molecular complexity index is 52.9. The SMILES string of the molecule is CCCCC(CO)SC. The molecule has 0 aromatic carbocycles. The lowest BCUT2D eigenvalue weighted by Crippen LogP contribution is -2.06. The monoisotopic (exact) mass is 148 g/mol. The molecule has 9 heavy (non-hydrogen) atoms. The quantitative estimate of drug-likeness (QED) is 0.642. The van der Waals surface area contributed by atoms with E-state index in [1.165, 1.54) is 12.8 Å². The summed E-state index contributed by atoms with van der Waals surface area (Å²) in [6.07, 6.45) is 5.69. The van der Waals surface area contributed by atoms with E-state index in [2.05, 4.69) is 13.2 Å². The lowest BCUT2D eigenvalue weighted by Gasteiger charge is -2.08. The van der Waals surface area contributed by atoms with Gasteiger partial charge in [0.15, 0.2) is 0 Å². The summed E-state index contributed by atoms with van der Waals surface area (Å²) in [6, 6.07) is 0. The predicted octanol–water partition coefficient (Wildman–Crippen LogP) is 1.90. The highest BCUT2D eigenvalue weighted by Gasteiger charge is 2.02. The minimum Gasteiger partial charge on any atom is -0.395 e. The number of rotatable bonds is 5. The molecule has 0 radical (unpaired) electrons. The predicted molar refractivity (Wildman–Crippen MR) is 43.9 cm³/mol. The minimum absolute atomic E-state index is 0.334. The van der Waals surface area contributed by atoms with E-state index in [4.69, 9.17) is 5.11 Å². The van der Waals surface area contributed by atoms with Crippen molar-refractivity contribution in [3.8, 4) is 0 Å². The second kappa shape index (κ2) is 6.43. The summed E-state index contributed by atoms with van der Waals surface area (Å²) < 4.78 is 0. The molecule has 0 bridgehead atoms. The highest BCUT2D eigenvalue weighted by molar-refractivity contribution is 7.99. The Morgan fingerprint density at radius 3 is 2.56 bits per heavy atom. The van der Waals surface area contributed by atoms with Gasteiger partial charge in [-0.1, -0.05) is 19.8 Å². The molecule has 0 spiro atoms. The van der Waals surface area contributed by atoms with Gasteiger partial charge in [-0.2, -0.15) is 11.8 Å². The molecular weight excluding hydrogens is 132 g/mol. The molecule has 0 aliphatic carbocycles. The van der Waals surface area contributed by atoms with Gasteiger partial charge >= 0.3 is 0 Å². The Balaban J connectivity index is 3.09. The van der Waals surface area contributed by atoms with Crippen LogP contribution in [0.1, 0.15) is 26.2 Å². The molecule has 1 nitrogen and oxygen atoms in total. The van der Waals surface area contributed by atoms with E-state index in [9.17, 15) is 0 Å². The van der Waals surface area contributed by atoms with Crippen molar-refractivity contribution in [1.82, 2.24) is 0 Å². The first-order valence-electron chi connectivity index (χ1n) is 3.48. The second-order valence-corrected chi connectivity index (χ2v) is 3.32. The molecule has 2 heteroatoms. The van der Waals surface area contributed by atoms with Crippen LogP contribution in [-0.4, -0.2) is 23.2 Å². The van der Waals surface area contributed by atoms with Gasteiger partial charge in [0.2, 0.25) is 0 Å². The zero-order chi connectivity index (χ0) is 7.11. The third kappa shape index (κ3) is 4.79. The van der Waals surface area contributed by atoms with Crippen molar-refractivity contribution in [2.45, 2.75) is 31.4 Å². The molecule has 0 saturated heterocycles. The Morgan fingerprint density at radius 2 is 2.22 bits per heavy atom.